The van der Waals surface area contributed by atoms with E-state index in [2.05, 4.69) is 9.97 Å². The van der Waals surface area contributed by atoms with Crippen molar-refractivity contribution in [1.29, 1.82) is 0 Å². The van der Waals surface area contributed by atoms with Gasteiger partial charge >= 0.3 is 0 Å². The van der Waals surface area contributed by atoms with Gasteiger partial charge in [0.05, 0.1) is 36.1 Å². The first-order chi connectivity index (χ1) is 17.0. The van der Waals surface area contributed by atoms with E-state index >= 15 is 0 Å². The summed E-state index contributed by atoms with van der Waals surface area (Å²) < 4.78 is 80.6. The van der Waals surface area contributed by atoms with E-state index in [4.69, 9.17) is 13.7 Å². The standard InChI is InChI=1S/C24H16N2/c1-3-7-17(8-4-1)21-15-13-19-11-12-20-14-16-22(18-9-5-2-6-10-18)26-24(20)23(19)25-21/h1-16H/i1D,2D,3D,4D,5D,6D,7D,8D,9D,10D. The van der Waals surface area contributed by atoms with Crippen LogP contribution in [0.3, 0.4) is 0 Å². The van der Waals surface area contributed by atoms with E-state index in [1.165, 1.54) is 0 Å². The lowest BCUT2D eigenvalue weighted by atomic mass is 10.1. The lowest BCUT2D eigenvalue weighted by molar-refractivity contribution is 1.36. The van der Waals surface area contributed by atoms with E-state index in [1.54, 1.807) is 24.3 Å². The SMILES string of the molecule is [2H]c1c([2H])c([2H])c(-c2ccc3ccc4ccc(-c5c([2H])c([2H])c([2H])c([2H])c5[2H])nc4c3n2)c([2H])c1[2H]. The van der Waals surface area contributed by atoms with Crippen LogP contribution in [0, 0.1) is 0 Å². The highest BCUT2D eigenvalue weighted by atomic mass is 14.8. The first-order valence-electron chi connectivity index (χ1n) is 12.9. The topological polar surface area (TPSA) is 25.8 Å². The maximum Gasteiger partial charge on any atom is 0.0972 e. The molecule has 0 spiro atoms. The Balaban J connectivity index is 1.81. The summed E-state index contributed by atoms with van der Waals surface area (Å²) in [4.78, 5) is 9.22. The fourth-order valence-electron chi connectivity index (χ4n) is 2.80. The molecule has 0 bridgehead atoms. The van der Waals surface area contributed by atoms with Gasteiger partial charge in [-0.2, -0.15) is 0 Å². The zero-order valence-corrected chi connectivity index (χ0v) is 13.4. The summed E-state index contributed by atoms with van der Waals surface area (Å²) in [7, 11) is 0. The van der Waals surface area contributed by atoms with Crippen LogP contribution in [0.2, 0.25) is 0 Å². The van der Waals surface area contributed by atoms with Crippen molar-refractivity contribution in [2.45, 2.75) is 0 Å². The minimum Gasteiger partial charge on any atom is -0.245 e. The Bertz CT molecular complexity index is 1560. The van der Waals surface area contributed by atoms with Crippen molar-refractivity contribution >= 4 is 21.8 Å². The molecule has 0 radical (unpaired) electrons. The van der Waals surface area contributed by atoms with Gasteiger partial charge in [-0.1, -0.05) is 84.7 Å². The average molecular weight is 342 g/mol. The van der Waals surface area contributed by atoms with E-state index in [-0.39, 0.29) is 46.7 Å². The molecule has 0 aliphatic rings. The highest BCUT2D eigenvalue weighted by molar-refractivity contribution is 6.04. The Labute approximate surface area is 165 Å². The number of benzene rings is 3. The molecule has 0 atom stereocenters. The van der Waals surface area contributed by atoms with Gasteiger partial charge < -0.3 is 0 Å². The fraction of sp³-hybridized carbons (Fsp3) is 0. The minimum absolute atomic E-state index is 0.0401. The summed E-state index contributed by atoms with van der Waals surface area (Å²) in [6.45, 7) is 0. The number of nitrogens with zero attached hydrogens (tertiary/aromatic N) is 2. The molecule has 5 rings (SSSR count). The molecule has 0 aliphatic heterocycles. The molecular weight excluding hydrogens is 316 g/mol. The summed E-state index contributed by atoms with van der Waals surface area (Å²) in [6, 6.07) is 5.82. The third kappa shape index (κ3) is 2.52. The van der Waals surface area contributed by atoms with Gasteiger partial charge in [0.2, 0.25) is 0 Å². The predicted molar refractivity (Wildman–Crippen MR) is 108 cm³/mol. The minimum atomic E-state index is -0.495. The molecule has 2 heteroatoms. The van der Waals surface area contributed by atoms with Crippen LogP contribution in [0.5, 0.6) is 0 Å². The van der Waals surface area contributed by atoms with Gasteiger partial charge in [-0.15, -0.1) is 0 Å². The second-order valence-corrected chi connectivity index (χ2v) is 5.60. The lowest BCUT2D eigenvalue weighted by Crippen LogP contribution is -1.90. The Morgan fingerprint density at radius 1 is 0.500 bits per heavy atom. The summed E-state index contributed by atoms with van der Waals surface area (Å²) in [5, 5.41) is 1.34. The third-order valence-corrected chi connectivity index (χ3v) is 4.03. The number of fused-ring (bicyclic) bond motifs is 3. The lowest BCUT2D eigenvalue weighted by Gasteiger charge is -2.08. The quantitative estimate of drug-likeness (QED) is 0.361. The number of rotatable bonds is 2. The Kier molecular flexibility index (Phi) is 1.82. The van der Waals surface area contributed by atoms with Crippen molar-refractivity contribution in [3.8, 4) is 22.5 Å². The van der Waals surface area contributed by atoms with Gasteiger partial charge in [-0.05, 0) is 12.1 Å². The smallest absolute Gasteiger partial charge is 0.0972 e. The average Bonchev–Trinajstić information content (AvgIpc) is 2.88. The van der Waals surface area contributed by atoms with Gasteiger partial charge in [0, 0.05) is 21.9 Å². The van der Waals surface area contributed by atoms with Crippen LogP contribution in [-0.4, -0.2) is 9.97 Å². The summed E-state index contributed by atoms with van der Waals surface area (Å²) in [6.07, 6.45) is 0. The second-order valence-electron chi connectivity index (χ2n) is 5.60. The van der Waals surface area contributed by atoms with Crippen LogP contribution >= 0.6 is 0 Å². The largest absolute Gasteiger partial charge is 0.245 e. The van der Waals surface area contributed by atoms with Gasteiger partial charge in [0.25, 0.3) is 0 Å². The number of hydrogen-bond donors (Lipinski definition) is 0. The third-order valence-electron chi connectivity index (χ3n) is 4.03. The van der Waals surface area contributed by atoms with Crippen LogP contribution in [0.15, 0.2) is 96.8 Å². The normalized spacial score (nSPS) is 16.5. The number of hydrogen-bond acceptors (Lipinski definition) is 2. The molecule has 2 aromatic heterocycles. The highest BCUT2D eigenvalue weighted by Crippen LogP contribution is 2.28. The molecule has 0 fully saturated rings. The van der Waals surface area contributed by atoms with Crippen molar-refractivity contribution in [2.24, 2.45) is 0 Å². The second kappa shape index (κ2) is 6.08. The van der Waals surface area contributed by atoms with E-state index in [1.807, 2.05) is 12.1 Å². The molecule has 26 heavy (non-hydrogen) atoms. The van der Waals surface area contributed by atoms with E-state index in [9.17, 15) is 0 Å². The predicted octanol–water partition coefficient (Wildman–Crippen LogP) is 6.12. The first-order valence-corrected chi connectivity index (χ1v) is 7.88. The molecule has 0 unspecified atom stereocenters. The van der Waals surface area contributed by atoms with Gasteiger partial charge in [0.1, 0.15) is 0 Å². The van der Waals surface area contributed by atoms with Crippen molar-refractivity contribution in [3.05, 3.63) is 96.8 Å². The van der Waals surface area contributed by atoms with E-state index in [0.29, 0.717) is 21.8 Å². The van der Waals surface area contributed by atoms with Crippen molar-refractivity contribution in [1.82, 2.24) is 9.97 Å². The molecule has 3 aromatic carbocycles. The molecule has 0 saturated heterocycles. The van der Waals surface area contributed by atoms with E-state index in [0.717, 1.165) is 0 Å². The van der Waals surface area contributed by atoms with Crippen LogP contribution in [0.25, 0.3) is 44.3 Å². The maximum atomic E-state index is 8.27. The molecular formula is C24H16N2. The van der Waals surface area contributed by atoms with Crippen LogP contribution in [0.4, 0.5) is 0 Å². The molecule has 5 aromatic rings. The van der Waals surface area contributed by atoms with Gasteiger partial charge in [-0.3, -0.25) is 0 Å². The molecule has 2 nitrogen and oxygen atoms in total. The zero-order chi connectivity index (χ0) is 26.0. The van der Waals surface area contributed by atoms with Crippen LogP contribution in [0.1, 0.15) is 13.7 Å². The van der Waals surface area contributed by atoms with Crippen LogP contribution in [-0.2, 0) is 0 Å². The summed E-state index contributed by atoms with van der Waals surface area (Å²) >= 11 is 0. The van der Waals surface area contributed by atoms with Gasteiger partial charge in [-0.25, -0.2) is 9.97 Å². The fourth-order valence-corrected chi connectivity index (χ4v) is 2.80. The molecule has 2 heterocycles. The van der Waals surface area contributed by atoms with Crippen molar-refractivity contribution < 1.29 is 13.7 Å². The zero-order valence-electron chi connectivity index (χ0n) is 23.4. The number of pyridine rings is 2. The monoisotopic (exact) mass is 342 g/mol. The van der Waals surface area contributed by atoms with Crippen LogP contribution < -0.4 is 0 Å². The molecule has 0 N–H and O–H groups in total. The molecule has 122 valence electrons. The number of aromatic nitrogens is 2. The maximum absolute atomic E-state index is 8.27. The van der Waals surface area contributed by atoms with E-state index < -0.39 is 36.3 Å². The molecule has 0 saturated carbocycles. The van der Waals surface area contributed by atoms with Gasteiger partial charge in [0.15, 0.2) is 0 Å². The Hall–Kier alpha value is -3.52. The molecule has 0 amide bonds. The van der Waals surface area contributed by atoms with Crippen molar-refractivity contribution in [3.63, 3.8) is 0 Å². The highest BCUT2D eigenvalue weighted by Gasteiger charge is 2.08. The first kappa shape index (κ1) is 7.79. The summed E-state index contributed by atoms with van der Waals surface area (Å²) in [5.74, 6) is 0. The summed E-state index contributed by atoms with van der Waals surface area (Å²) in [5.41, 5.74) is 1.02. The Morgan fingerprint density at radius 3 is 1.31 bits per heavy atom. The van der Waals surface area contributed by atoms with Crippen molar-refractivity contribution in [2.75, 3.05) is 0 Å². The molecule has 0 aliphatic carbocycles. The Morgan fingerprint density at radius 2 is 0.885 bits per heavy atom.